The highest BCUT2D eigenvalue weighted by Crippen LogP contribution is 2.19. The second-order valence-corrected chi connectivity index (χ2v) is 4.40. The van der Waals surface area contributed by atoms with Crippen molar-refractivity contribution in [2.45, 2.75) is 19.4 Å². The van der Waals surface area contributed by atoms with E-state index in [1.165, 1.54) is 0 Å². The summed E-state index contributed by atoms with van der Waals surface area (Å²) in [4.78, 5) is 6.09. The van der Waals surface area contributed by atoms with Gasteiger partial charge in [0.15, 0.2) is 5.84 Å². The molecule has 1 aromatic heterocycles. The number of rotatable bonds is 4. The van der Waals surface area contributed by atoms with E-state index in [9.17, 15) is 5.11 Å². The number of likely N-dealkylation sites (N-methyl/N-ethyl adjacent to an activating group) is 1. The second-order valence-electron chi connectivity index (χ2n) is 4.40. The van der Waals surface area contributed by atoms with Gasteiger partial charge in [-0.1, -0.05) is 11.2 Å². The smallest absolute Gasteiger partial charge is 0.188 e. The van der Waals surface area contributed by atoms with Crippen LogP contribution in [0.2, 0.25) is 0 Å². The second kappa shape index (κ2) is 5.01. The van der Waals surface area contributed by atoms with Crippen LogP contribution in [0.15, 0.2) is 23.4 Å². The average Bonchev–Trinajstić information content (AvgIpc) is 2.36. The van der Waals surface area contributed by atoms with Gasteiger partial charge in [0.2, 0.25) is 0 Å². The van der Waals surface area contributed by atoms with Crippen LogP contribution in [-0.2, 0) is 0 Å². The minimum absolute atomic E-state index is 0.00101. The van der Waals surface area contributed by atoms with Gasteiger partial charge in [0.25, 0.3) is 0 Å². The first-order valence-electron chi connectivity index (χ1n) is 5.22. The fraction of sp³-hybridized carbons (Fsp3) is 0.455. The van der Waals surface area contributed by atoms with Gasteiger partial charge in [-0.2, -0.15) is 0 Å². The largest absolute Gasteiger partial charge is 0.409 e. The number of aliphatic hydroxyl groups excluding tert-OH is 1. The maximum atomic E-state index is 9.29. The van der Waals surface area contributed by atoms with Crippen molar-refractivity contribution in [1.29, 1.82) is 0 Å². The van der Waals surface area contributed by atoms with Crippen LogP contribution in [0.4, 0.5) is 5.82 Å². The number of aliphatic hydroxyl groups is 1. The fourth-order valence-electron chi connectivity index (χ4n) is 1.22. The summed E-state index contributed by atoms with van der Waals surface area (Å²) in [6.07, 6.45) is 0. The van der Waals surface area contributed by atoms with Gasteiger partial charge < -0.3 is 20.9 Å². The molecule has 1 aromatic rings. The van der Waals surface area contributed by atoms with Gasteiger partial charge in [0.05, 0.1) is 12.1 Å². The molecule has 0 saturated heterocycles. The van der Waals surface area contributed by atoms with Crippen molar-refractivity contribution in [2.75, 3.05) is 18.6 Å². The lowest BCUT2D eigenvalue weighted by molar-refractivity contribution is 0.215. The van der Waals surface area contributed by atoms with Crippen molar-refractivity contribution < 1.29 is 10.3 Å². The molecule has 17 heavy (non-hydrogen) atoms. The van der Waals surface area contributed by atoms with Crippen molar-refractivity contribution in [3.05, 3.63) is 23.9 Å². The zero-order valence-electron chi connectivity index (χ0n) is 10.3. The Labute approximate surface area is 100 Å². The van der Waals surface area contributed by atoms with Crippen molar-refractivity contribution in [2.24, 2.45) is 10.9 Å². The Morgan fingerprint density at radius 3 is 2.71 bits per heavy atom. The van der Waals surface area contributed by atoms with Gasteiger partial charge in [-0.15, -0.1) is 0 Å². The first-order chi connectivity index (χ1) is 7.92. The third-order valence-corrected chi connectivity index (χ3v) is 2.74. The number of aromatic nitrogens is 1. The molecule has 6 nitrogen and oxygen atoms in total. The van der Waals surface area contributed by atoms with Crippen molar-refractivity contribution in [1.82, 2.24) is 4.98 Å². The Morgan fingerprint density at radius 1 is 1.53 bits per heavy atom. The molecule has 1 heterocycles. The van der Waals surface area contributed by atoms with Gasteiger partial charge in [0, 0.05) is 7.05 Å². The summed E-state index contributed by atoms with van der Waals surface area (Å²) in [7, 11) is 1.83. The van der Waals surface area contributed by atoms with Crippen LogP contribution >= 0.6 is 0 Å². The number of anilines is 1. The predicted octanol–water partition coefficient (Wildman–Crippen LogP) is 0.383. The van der Waals surface area contributed by atoms with Crippen LogP contribution in [0.3, 0.4) is 0 Å². The number of hydrogen-bond acceptors (Lipinski definition) is 5. The Balaban J connectivity index is 3.08. The molecule has 0 fully saturated rings. The van der Waals surface area contributed by atoms with Crippen LogP contribution in [-0.4, -0.2) is 40.3 Å². The minimum Gasteiger partial charge on any atom is -0.409 e. The summed E-state index contributed by atoms with van der Waals surface area (Å²) >= 11 is 0. The van der Waals surface area contributed by atoms with Crippen molar-refractivity contribution in [3.63, 3.8) is 0 Å². The molecule has 0 aliphatic heterocycles. The standard InChI is InChI=1S/C11H18N4O2/c1-11(2,7-16)15(3)9-6-4-5-8(13-9)10(12)14-17/h4-6,16-17H,7H2,1-3H3,(H2,12,14). The number of nitrogens with two attached hydrogens (primary N) is 1. The highest BCUT2D eigenvalue weighted by molar-refractivity contribution is 5.95. The molecule has 6 heteroatoms. The summed E-state index contributed by atoms with van der Waals surface area (Å²) < 4.78 is 0. The first-order valence-corrected chi connectivity index (χ1v) is 5.22. The number of oxime groups is 1. The molecular formula is C11H18N4O2. The maximum absolute atomic E-state index is 9.29. The summed E-state index contributed by atoms with van der Waals surface area (Å²) in [5.74, 6) is 0.607. The molecule has 1 rings (SSSR count). The van der Waals surface area contributed by atoms with Crippen LogP contribution in [0.25, 0.3) is 0 Å². The molecule has 0 aromatic carbocycles. The lowest BCUT2D eigenvalue weighted by Gasteiger charge is -2.35. The summed E-state index contributed by atoms with van der Waals surface area (Å²) in [5, 5.41) is 20.8. The van der Waals surface area contributed by atoms with E-state index in [4.69, 9.17) is 10.9 Å². The SMILES string of the molecule is CN(c1cccc(/C(N)=N/O)n1)C(C)(C)CO. The summed E-state index contributed by atoms with van der Waals surface area (Å²) in [6.45, 7) is 3.79. The predicted molar refractivity (Wildman–Crippen MR) is 66.3 cm³/mol. The zero-order chi connectivity index (χ0) is 13.1. The van der Waals surface area contributed by atoms with Crippen LogP contribution < -0.4 is 10.6 Å². The molecule has 0 amide bonds. The molecular weight excluding hydrogens is 220 g/mol. The van der Waals surface area contributed by atoms with E-state index < -0.39 is 5.54 Å². The van der Waals surface area contributed by atoms with Crippen LogP contribution in [0.1, 0.15) is 19.5 Å². The number of hydrogen-bond donors (Lipinski definition) is 3. The topological polar surface area (TPSA) is 95.0 Å². The Morgan fingerprint density at radius 2 is 2.18 bits per heavy atom. The number of nitrogens with zero attached hydrogens (tertiary/aromatic N) is 3. The van der Waals surface area contributed by atoms with E-state index >= 15 is 0 Å². The van der Waals surface area contributed by atoms with Crippen LogP contribution in [0, 0.1) is 0 Å². The molecule has 4 N–H and O–H groups in total. The lowest BCUT2D eigenvalue weighted by atomic mass is 10.1. The Kier molecular flexibility index (Phi) is 3.90. The number of pyridine rings is 1. The summed E-state index contributed by atoms with van der Waals surface area (Å²) in [5.41, 5.74) is 5.43. The first kappa shape index (κ1) is 13.2. The lowest BCUT2D eigenvalue weighted by Crippen LogP contribution is -2.45. The molecule has 0 atom stereocenters. The fourth-order valence-corrected chi connectivity index (χ4v) is 1.22. The van der Waals surface area contributed by atoms with Crippen LogP contribution in [0.5, 0.6) is 0 Å². The van der Waals surface area contributed by atoms with Gasteiger partial charge >= 0.3 is 0 Å². The number of amidine groups is 1. The van der Waals surface area contributed by atoms with E-state index in [-0.39, 0.29) is 12.4 Å². The summed E-state index contributed by atoms with van der Waals surface area (Å²) in [6, 6.07) is 5.21. The molecule has 0 aliphatic rings. The average molecular weight is 238 g/mol. The minimum atomic E-state index is -0.434. The van der Waals surface area contributed by atoms with E-state index in [0.717, 1.165) is 0 Å². The van der Waals surface area contributed by atoms with Crippen molar-refractivity contribution >= 4 is 11.7 Å². The molecule has 0 spiro atoms. The highest BCUT2D eigenvalue weighted by Gasteiger charge is 2.23. The van der Waals surface area contributed by atoms with Gasteiger partial charge in [-0.25, -0.2) is 4.98 Å². The Bertz CT molecular complexity index is 418. The highest BCUT2D eigenvalue weighted by atomic mass is 16.4. The van der Waals surface area contributed by atoms with E-state index in [0.29, 0.717) is 11.5 Å². The van der Waals surface area contributed by atoms with Gasteiger partial charge in [0.1, 0.15) is 11.5 Å². The van der Waals surface area contributed by atoms with E-state index in [1.807, 2.05) is 25.8 Å². The molecule has 0 aliphatic carbocycles. The molecule has 0 saturated carbocycles. The monoisotopic (exact) mass is 238 g/mol. The molecule has 94 valence electrons. The van der Waals surface area contributed by atoms with E-state index in [1.54, 1.807) is 18.2 Å². The molecule has 0 radical (unpaired) electrons. The van der Waals surface area contributed by atoms with Gasteiger partial charge in [-0.05, 0) is 26.0 Å². The third-order valence-electron chi connectivity index (χ3n) is 2.74. The van der Waals surface area contributed by atoms with E-state index in [2.05, 4.69) is 10.1 Å². The molecule has 0 bridgehead atoms. The quantitative estimate of drug-likeness (QED) is 0.305. The Hall–Kier alpha value is -1.82. The van der Waals surface area contributed by atoms with Crippen molar-refractivity contribution in [3.8, 4) is 0 Å². The maximum Gasteiger partial charge on any atom is 0.188 e. The normalized spacial score (nSPS) is 12.6. The third kappa shape index (κ3) is 2.85. The zero-order valence-corrected chi connectivity index (χ0v) is 10.3. The molecule has 0 unspecified atom stereocenters. The van der Waals surface area contributed by atoms with Gasteiger partial charge in [-0.3, -0.25) is 0 Å².